The summed E-state index contributed by atoms with van der Waals surface area (Å²) in [7, 11) is 1.53. The van der Waals surface area contributed by atoms with E-state index in [0.717, 1.165) is 0 Å². The normalized spacial score (nSPS) is 11.0. The fourth-order valence-corrected chi connectivity index (χ4v) is 2.70. The van der Waals surface area contributed by atoms with Crippen molar-refractivity contribution in [2.75, 3.05) is 19.0 Å². The third-order valence-corrected chi connectivity index (χ3v) is 4.16. The molecule has 0 spiro atoms. The number of aromatic nitrogens is 3. The second kappa shape index (κ2) is 8.74. The standard InChI is InChI=1S/C20H16F3N5O3/c1-12-18(26-27-28(12)15-4-3-5-16(9-15)30-2)19(29)25-14-6-7-17(13(8-14)10-24)31-11-20(21,22)23/h3-9H,11H2,1-2H3,(H,25,29). The molecule has 0 fully saturated rings. The minimum Gasteiger partial charge on any atom is -0.497 e. The maximum Gasteiger partial charge on any atom is 0.422 e. The minimum atomic E-state index is -4.54. The number of methoxy groups -OCH3 is 1. The molecule has 0 saturated heterocycles. The van der Waals surface area contributed by atoms with Crippen LogP contribution in [0.2, 0.25) is 0 Å². The van der Waals surface area contributed by atoms with Crippen LogP contribution in [0.25, 0.3) is 5.69 Å². The van der Waals surface area contributed by atoms with E-state index in [1.165, 1.54) is 30.0 Å². The molecular formula is C20H16F3N5O3. The predicted octanol–water partition coefficient (Wildman–Crippen LogP) is 3.65. The number of carbonyl (C=O) groups excluding carboxylic acids is 1. The average Bonchev–Trinajstić information content (AvgIpc) is 3.13. The van der Waals surface area contributed by atoms with E-state index >= 15 is 0 Å². The van der Waals surface area contributed by atoms with Gasteiger partial charge in [0, 0.05) is 11.8 Å². The smallest absolute Gasteiger partial charge is 0.422 e. The highest BCUT2D eigenvalue weighted by Crippen LogP contribution is 2.25. The lowest BCUT2D eigenvalue weighted by Gasteiger charge is -2.11. The van der Waals surface area contributed by atoms with Gasteiger partial charge in [-0.3, -0.25) is 4.79 Å². The van der Waals surface area contributed by atoms with Crippen molar-refractivity contribution in [3.8, 4) is 23.3 Å². The van der Waals surface area contributed by atoms with Crippen molar-refractivity contribution in [2.24, 2.45) is 0 Å². The average molecular weight is 431 g/mol. The molecule has 3 rings (SSSR count). The highest BCUT2D eigenvalue weighted by molar-refractivity contribution is 6.03. The maximum atomic E-state index is 12.6. The zero-order valence-electron chi connectivity index (χ0n) is 16.4. The van der Waals surface area contributed by atoms with Gasteiger partial charge < -0.3 is 14.8 Å². The van der Waals surface area contributed by atoms with E-state index in [9.17, 15) is 23.2 Å². The van der Waals surface area contributed by atoms with Gasteiger partial charge in [-0.1, -0.05) is 11.3 Å². The number of alkyl halides is 3. The van der Waals surface area contributed by atoms with Crippen molar-refractivity contribution in [1.82, 2.24) is 15.0 Å². The van der Waals surface area contributed by atoms with Crippen molar-refractivity contribution in [2.45, 2.75) is 13.1 Å². The lowest BCUT2D eigenvalue weighted by molar-refractivity contribution is -0.153. The van der Waals surface area contributed by atoms with E-state index in [1.54, 1.807) is 37.3 Å². The molecule has 31 heavy (non-hydrogen) atoms. The van der Waals surface area contributed by atoms with Gasteiger partial charge >= 0.3 is 6.18 Å². The molecule has 0 aliphatic rings. The largest absolute Gasteiger partial charge is 0.497 e. The van der Waals surface area contributed by atoms with Crippen LogP contribution in [0.3, 0.4) is 0 Å². The highest BCUT2D eigenvalue weighted by atomic mass is 19.4. The van der Waals surface area contributed by atoms with Crippen molar-refractivity contribution < 1.29 is 27.4 Å². The summed E-state index contributed by atoms with van der Waals surface area (Å²) < 4.78 is 48.3. The van der Waals surface area contributed by atoms with Crippen LogP contribution in [0.5, 0.6) is 11.5 Å². The first-order valence-electron chi connectivity index (χ1n) is 8.83. The molecule has 0 aliphatic carbocycles. The van der Waals surface area contributed by atoms with Gasteiger partial charge in [0.25, 0.3) is 5.91 Å². The fourth-order valence-electron chi connectivity index (χ4n) is 2.70. The number of carbonyl (C=O) groups is 1. The van der Waals surface area contributed by atoms with Crippen LogP contribution in [-0.2, 0) is 0 Å². The predicted molar refractivity (Wildman–Crippen MR) is 103 cm³/mol. The third kappa shape index (κ3) is 5.11. The Bertz CT molecular complexity index is 1150. The van der Waals surface area contributed by atoms with Gasteiger partial charge in [0.15, 0.2) is 12.3 Å². The van der Waals surface area contributed by atoms with Gasteiger partial charge in [0.2, 0.25) is 0 Å². The molecule has 0 radical (unpaired) electrons. The molecule has 11 heteroatoms. The number of rotatable bonds is 6. The Kier molecular flexibility index (Phi) is 6.10. The Morgan fingerprint density at radius 1 is 1.26 bits per heavy atom. The Morgan fingerprint density at radius 3 is 2.71 bits per heavy atom. The third-order valence-electron chi connectivity index (χ3n) is 4.16. The summed E-state index contributed by atoms with van der Waals surface area (Å²) >= 11 is 0. The topological polar surface area (TPSA) is 102 Å². The molecule has 1 aromatic heterocycles. The molecule has 0 saturated carbocycles. The highest BCUT2D eigenvalue weighted by Gasteiger charge is 2.29. The molecule has 3 aromatic rings. The van der Waals surface area contributed by atoms with E-state index in [-0.39, 0.29) is 22.7 Å². The zero-order valence-corrected chi connectivity index (χ0v) is 16.4. The summed E-state index contributed by atoms with van der Waals surface area (Å²) in [5, 5.41) is 19.6. The van der Waals surface area contributed by atoms with Gasteiger partial charge in [-0.2, -0.15) is 18.4 Å². The number of nitriles is 1. The molecule has 2 aromatic carbocycles. The molecule has 1 heterocycles. The number of anilines is 1. The molecule has 160 valence electrons. The van der Waals surface area contributed by atoms with Crippen LogP contribution in [0.4, 0.5) is 18.9 Å². The number of amides is 1. The minimum absolute atomic E-state index is 0.0405. The maximum absolute atomic E-state index is 12.6. The van der Waals surface area contributed by atoms with Crippen molar-refractivity contribution in [3.05, 3.63) is 59.4 Å². The van der Waals surface area contributed by atoms with Crippen LogP contribution >= 0.6 is 0 Å². The van der Waals surface area contributed by atoms with Gasteiger partial charge in [-0.15, -0.1) is 5.10 Å². The Labute approximate surface area is 174 Å². The Hall–Kier alpha value is -4.07. The number of benzene rings is 2. The summed E-state index contributed by atoms with van der Waals surface area (Å²) in [6.45, 7) is 0.128. The van der Waals surface area contributed by atoms with Crippen molar-refractivity contribution in [3.63, 3.8) is 0 Å². The number of nitrogens with one attached hydrogen (secondary N) is 1. The number of halogens is 3. The number of nitrogens with zero attached hydrogens (tertiary/aromatic N) is 4. The number of hydrogen-bond donors (Lipinski definition) is 1. The molecule has 0 bridgehead atoms. The first kappa shape index (κ1) is 21.6. The van der Waals surface area contributed by atoms with Gasteiger partial charge in [0.05, 0.1) is 24.1 Å². The number of ether oxygens (including phenoxy) is 2. The van der Waals surface area contributed by atoms with Crippen LogP contribution in [0.15, 0.2) is 42.5 Å². The zero-order chi connectivity index (χ0) is 22.6. The SMILES string of the molecule is COc1cccc(-n2nnc(C(=O)Nc3ccc(OCC(F)(F)F)c(C#N)c3)c2C)c1. The van der Waals surface area contributed by atoms with Crippen molar-refractivity contribution in [1.29, 1.82) is 5.26 Å². The Balaban J connectivity index is 1.79. The summed E-state index contributed by atoms with van der Waals surface area (Å²) in [6, 6.07) is 12.5. The van der Waals surface area contributed by atoms with Gasteiger partial charge in [0.1, 0.15) is 17.6 Å². The van der Waals surface area contributed by atoms with Crippen LogP contribution in [-0.4, -0.2) is 40.8 Å². The van der Waals surface area contributed by atoms with Gasteiger partial charge in [-0.05, 0) is 37.3 Å². The molecule has 0 atom stereocenters. The second-order valence-electron chi connectivity index (χ2n) is 6.32. The summed E-state index contributed by atoms with van der Waals surface area (Å²) in [6.07, 6.45) is -4.54. The van der Waals surface area contributed by atoms with Crippen LogP contribution < -0.4 is 14.8 Å². The first-order valence-corrected chi connectivity index (χ1v) is 8.83. The second-order valence-corrected chi connectivity index (χ2v) is 6.32. The Morgan fingerprint density at radius 2 is 2.03 bits per heavy atom. The lowest BCUT2D eigenvalue weighted by Crippen LogP contribution is -2.19. The van der Waals surface area contributed by atoms with E-state index in [4.69, 9.17) is 4.74 Å². The lowest BCUT2D eigenvalue weighted by atomic mass is 10.2. The molecule has 1 amide bonds. The molecule has 1 N–H and O–H groups in total. The summed E-state index contributed by atoms with van der Waals surface area (Å²) in [5.41, 5.74) is 1.17. The van der Waals surface area contributed by atoms with Crippen molar-refractivity contribution >= 4 is 11.6 Å². The van der Waals surface area contributed by atoms with Gasteiger partial charge in [-0.25, -0.2) is 4.68 Å². The molecular weight excluding hydrogens is 415 g/mol. The molecule has 0 unspecified atom stereocenters. The van der Waals surface area contributed by atoms with Crippen LogP contribution in [0.1, 0.15) is 21.7 Å². The molecule has 0 aliphatic heterocycles. The van der Waals surface area contributed by atoms with Crippen LogP contribution in [0, 0.1) is 18.3 Å². The first-order chi connectivity index (χ1) is 14.7. The number of hydrogen-bond acceptors (Lipinski definition) is 6. The van der Waals surface area contributed by atoms with E-state index in [1.807, 2.05) is 0 Å². The molecule has 8 nitrogen and oxygen atoms in total. The summed E-state index contributed by atoms with van der Waals surface area (Å²) in [5.74, 6) is -0.229. The summed E-state index contributed by atoms with van der Waals surface area (Å²) in [4.78, 5) is 12.6. The van der Waals surface area contributed by atoms with E-state index in [2.05, 4.69) is 20.4 Å². The van der Waals surface area contributed by atoms with E-state index < -0.39 is 18.7 Å². The fraction of sp³-hybridized carbons (Fsp3) is 0.200. The monoisotopic (exact) mass is 431 g/mol. The quantitative estimate of drug-likeness (QED) is 0.639. The van der Waals surface area contributed by atoms with E-state index in [0.29, 0.717) is 17.1 Å².